The lowest BCUT2D eigenvalue weighted by molar-refractivity contribution is 0.142. The molecule has 1 saturated carbocycles. The van der Waals surface area contributed by atoms with Gasteiger partial charge in [-0.1, -0.05) is 36.2 Å². The van der Waals surface area contributed by atoms with Crippen LogP contribution in [-0.4, -0.2) is 21.9 Å². The molecular weight excluding hydrogens is 285 g/mol. The summed E-state index contributed by atoms with van der Waals surface area (Å²) >= 11 is 0. The smallest absolute Gasteiger partial charge is 0.247 e. The number of aromatic nitrogens is 2. The van der Waals surface area contributed by atoms with E-state index in [0.717, 1.165) is 25.7 Å². The third-order valence-corrected chi connectivity index (χ3v) is 4.18. The highest BCUT2D eigenvalue weighted by Crippen LogP contribution is 2.40. The number of hydrogen-bond acceptors (Lipinski definition) is 5. The Morgan fingerprint density at radius 2 is 2.18 bits per heavy atom. The van der Waals surface area contributed by atoms with Gasteiger partial charge >= 0.3 is 0 Å². The van der Waals surface area contributed by atoms with Crippen molar-refractivity contribution in [3.05, 3.63) is 35.7 Å². The van der Waals surface area contributed by atoms with E-state index in [9.17, 15) is 14.8 Å². The fourth-order valence-corrected chi connectivity index (χ4v) is 2.86. The first kappa shape index (κ1) is 14.7. The molecular formula is C16H16FN3O2. The molecule has 1 aromatic heterocycles. The van der Waals surface area contributed by atoms with E-state index in [0.29, 0.717) is 22.8 Å². The largest absolute Gasteiger partial charge is 0.386 e. The monoisotopic (exact) mass is 301 g/mol. The Labute approximate surface area is 127 Å². The molecule has 2 aromatic rings. The average Bonchev–Trinajstić information content (AvgIpc) is 3.23. The summed E-state index contributed by atoms with van der Waals surface area (Å²) in [4.78, 5) is 4.36. The highest BCUT2D eigenvalue weighted by Gasteiger charge is 2.41. The van der Waals surface area contributed by atoms with Crippen LogP contribution >= 0.6 is 0 Å². The number of halogens is 1. The predicted molar refractivity (Wildman–Crippen MR) is 76.4 cm³/mol. The molecule has 0 amide bonds. The Bertz CT molecular complexity index is 701. The normalized spacial score (nSPS) is 18.0. The van der Waals surface area contributed by atoms with Gasteiger partial charge in [0.1, 0.15) is 18.2 Å². The molecule has 114 valence electrons. The molecule has 6 heteroatoms. The molecule has 0 spiro atoms. The lowest BCUT2D eigenvalue weighted by atomic mass is 9.88. The third-order valence-electron chi connectivity index (χ3n) is 4.18. The van der Waals surface area contributed by atoms with Crippen LogP contribution in [0, 0.1) is 11.3 Å². The van der Waals surface area contributed by atoms with Crippen LogP contribution in [0.5, 0.6) is 0 Å². The SMILES string of the molecule is N#CC1(c2nc(-c3cccc(C(O)CF)c3)no2)CCCC1. The average molecular weight is 301 g/mol. The maximum atomic E-state index is 12.6. The van der Waals surface area contributed by atoms with Gasteiger partial charge in [-0.3, -0.25) is 0 Å². The number of alkyl halides is 1. The topological polar surface area (TPSA) is 82.9 Å². The van der Waals surface area contributed by atoms with Gasteiger partial charge in [0.15, 0.2) is 0 Å². The Kier molecular flexibility index (Phi) is 3.90. The van der Waals surface area contributed by atoms with Crippen molar-refractivity contribution in [2.45, 2.75) is 37.2 Å². The molecule has 0 bridgehead atoms. The summed E-state index contributed by atoms with van der Waals surface area (Å²) < 4.78 is 17.9. The molecule has 0 radical (unpaired) electrons. The molecule has 22 heavy (non-hydrogen) atoms. The van der Waals surface area contributed by atoms with Crippen LogP contribution in [0.15, 0.2) is 28.8 Å². The fourth-order valence-electron chi connectivity index (χ4n) is 2.86. The predicted octanol–water partition coefficient (Wildman–Crippen LogP) is 3.07. The minimum Gasteiger partial charge on any atom is -0.386 e. The molecule has 1 unspecified atom stereocenters. The zero-order valence-corrected chi connectivity index (χ0v) is 12.0. The van der Waals surface area contributed by atoms with E-state index in [1.54, 1.807) is 24.3 Å². The second kappa shape index (κ2) is 5.85. The van der Waals surface area contributed by atoms with Crippen molar-refractivity contribution in [1.29, 1.82) is 5.26 Å². The molecule has 0 saturated heterocycles. The maximum absolute atomic E-state index is 12.6. The molecule has 1 aliphatic rings. The van der Waals surface area contributed by atoms with Crippen LogP contribution in [-0.2, 0) is 5.41 Å². The van der Waals surface area contributed by atoms with Crippen molar-refractivity contribution in [3.63, 3.8) is 0 Å². The Morgan fingerprint density at radius 3 is 2.86 bits per heavy atom. The van der Waals surface area contributed by atoms with Gasteiger partial charge in [0.05, 0.1) is 6.07 Å². The first-order chi connectivity index (χ1) is 10.7. The second-order valence-corrected chi connectivity index (χ2v) is 5.62. The molecule has 1 atom stereocenters. The standard InChI is InChI=1S/C16H16FN3O2/c17-9-13(21)11-4-3-5-12(8-11)14-19-15(22-20-14)16(10-18)6-1-2-7-16/h3-5,8,13,21H,1-2,6-7,9H2. The molecule has 1 aliphatic carbocycles. The Morgan fingerprint density at radius 1 is 1.41 bits per heavy atom. The van der Waals surface area contributed by atoms with Crippen molar-refractivity contribution >= 4 is 0 Å². The lowest BCUT2D eigenvalue weighted by Gasteiger charge is -2.13. The minimum atomic E-state index is -1.16. The van der Waals surface area contributed by atoms with Gasteiger partial charge in [0, 0.05) is 5.56 Å². The van der Waals surface area contributed by atoms with Crippen LogP contribution in [0.1, 0.15) is 43.2 Å². The van der Waals surface area contributed by atoms with Gasteiger partial charge in [0.25, 0.3) is 0 Å². The summed E-state index contributed by atoms with van der Waals surface area (Å²) in [5, 5.41) is 23.0. The molecule has 1 N–H and O–H groups in total. The van der Waals surface area contributed by atoms with E-state index in [2.05, 4.69) is 16.2 Å². The number of aliphatic hydroxyl groups excluding tert-OH is 1. The van der Waals surface area contributed by atoms with Crippen molar-refractivity contribution in [2.24, 2.45) is 0 Å². The minimum absolute atomic E-state index is 0.346. The highest BCUT2D eigenvalue weighted by molar-refractivity contribution is 5.56. The number of benzene rings is 1. The number of rotatable bonds is 4. The first-order valence-electron chi connectivity index (χ1n) is 7.28. The molecule has 5 nitrogen and oxygen atoms in total. The van der Waals surface area contributed by atoms with Crippen molar-refractivity contribution in [3.8, 4) is 17.5 Å². The van der Waals surface area contributed by atoms with E-state index in [-0.39, 0.29) is 0 Å². The summed E-state index contributed by atoms with van der Waals surface area (Å²) in [7, 11) is 0. The van der Waals surface area contributed by atoms with Crippen molar-refractivity contribution in [1.82, 2.24) is 10.1 Å². The van der Waals surface area contributed by atoms with Crippen LogP contribution in [0.2, 0.25) is 0 Å². The number of nitriles is 1. The number of hydrogen-bond donors (Lipinski definition) is 1. The summed E-state index contributed by atoms with van der Waals surface area (Å²) in [6, 6.07) is 9.05. The zero-order chi connectivity index (χ0) is 15.6. The molecule has 1 heterocycles. The van der Waals surface area contributed by atoms with E-state index < -0.39 is 18.2 Å². The lowest BCUT2D eigenvalue weighted by Crippen LogP contribution is -2.19. The van der Waals surface area contributed by atoms with Gasteiger partial charge in [0.2, 0.25) is 11.7 Å². The van der Waals surface area contributed by atoms with E-state index in [1.807, 2.05) is 0 Å². The molecule has 0 aliphatic heterocycles. The van der Waals surface area contributed by atoms with Gasteiger partial charge in [-0.2, -0.15) is 10.2 Å². The zero-order valence-electron chi connectivity index (χ0n) is 12.0. The fraction of sp³-hybridized carbons (Fsp3) is 0.438. The third kappa shape index (κ3) is 2.48. The maximum Gasteiger partial charge on any atom is 0.247 e. The van der Waals surface area contributed by atoms with E-state index >= 15 is 0 Å². The van der Waals surface area contributed by atoms with Gasteiger partial charge in [-0.15, -0.1) is 0 Å². The molecule has 1 aromatic carbocycles. The Balaban J connectivity index is 1.93. The molecule has 3 rings (SSSR count). The van der Waals surface area contributed by atoms with Crippen LogP contribution in [0.25, 0.3) is 11.4 Å². The van der Waals surface area contributed by atoms with Gasteiger partial charge in [-0.05, 0) is 24.5 Å². The number of aliphatic hydroxyl groups is 1. The van der Waals surface area contributed by atoms with Gasteiger partial charge in [-0.25, -0.2) is 4.39 Å². The van der Waals surface area contributed by atoms with Crippen LogP contribution < -0.4 is 0 Å². The van der Waals surface area contributed by atoms with Crippen molar-refractivity contribution in [2.75, 3.05) is 6.67 Å². The first-order valence-corrected chi connectivity index (χ1v) is 7.28. The summed E-state index contributed by atoms with van der Waals surface area (Å²) in [5.74, 6) is 0.698. The summed E-state index contributed by atoms with van der Waals surface area (Å²) in [6.45, 7) is -0.849. The van der Waals surface area contributed by atoms with Gasteiger partial charge < -0.3 is 9.63 Å². The Hall–Kier alpha value is -2.26. The summed E-state index contributed by atoms with van der Waals surface area (Å²) in [5.41, 5.74) is 0.412. The summed E-state index contributed by atoms with van der Waals surface area (Å²) in [6.07, 6.45) is 2.25. The van der Waals surface area contributed by atoms with Crippen molar-refractivity contribution < 1.29 is 14.0 Å². The number of nitrogens with zero attached hydrogens (tertiary/aromatic N) is 3. The quantitative estimate of drug-likeness (QED) is 0.938. The van der Waals surface area contributed by atoms with E-state index in [1.165, 1.54) is 0 Å². The van der Waals surface area contributed by atoms with Crippen LogP contribution in [0.4, 0.5) is 4.39 Å². The highest BCUT2D eigenvalue weighted by atomic mass is 19.1. The van der Waals surface area contributed by atoms with Crippen LogP contribution in [0.3, 0.4) is 0 Å². The van der Waals surface area contributed by atoms with E-state index in [4.69, 9.17) is 4.52 Å². The molecule has 1 fully saturated rings. The second-order valence-electron chi connectivity index (χ2n) is 5.62.